The molecule has 0 aliphatic rings. The summed E-state index contributed by atoms with van der Waals surface area (Å²) < 4.78 is 6.53. The van der Waals surface area contributed by atoms with Crippen molar-refractivity contribution in [2.45, 2.75) is 0 Å². The number of nitrogens with one attached hydrogen (secondary N) is 1. The molecule has 0 aliphatic heterocycles. The summed E-state index contributed by atoms with van der Waals surface area (Å²) in [5.41, 5.74) is 1.15. The number of rotatable bonds is 4. The van der Waals surface area contributed by atoms with Crippen molar-refractivity contribution >= 4 is 39.1 Å². The third kappa shape index (κ3) is 2.78. The lowest BCUT2D eigenvalue weighted by atomic mass is 10.1. The third-order valence-electron chi connectivity index (χ3n) is 4.47. The predicted molar refractivity (Wildman–Crippen MR) is 105 cm³/mol. The highest BCUT2D eigenvalue weighted by Crippen LogP contribution is 2.33. The van der Waals surface area contributed by atoms with Crippen molar-refractivity contribution in [1.29, 1.82) is 0 Å². The molecule has 2 heterocycles. The fraction of sp³-hybridized carbons (Fsp3) is 0.105. The lowest BCUT2D eigenvalue weighted by Crippen LogP contribution is -2.18. The van der Waals surface area contributed by atoms with Gasteiger partial charge in [-0.25, -0.2) is 9.97 Å². The average Bonchev–Trinajstić information content (AvgIpc) is 2.71. The molecule has 0 aliphatic carbocycles. The van der Waals surface area contributed by atoms with Crippen LogP contribution in [0.3, 0.4) is 0 Å². The van der Waals surface area contributed by atoms with Gasteiger partial charge in [0.15, 0.2) is 5.75 Å². The molecule has 4 rings (SSSR count). The van der Waals surface area contributed by atoms with Crippen LogP contribution in [0, 0.1) is 10.1 Å². The minimum absolute atomic E-state index is 0.0585. The first-order valence-corrected chi connectivity index (χ1v) is 8.33. The van der Waals surface area contributed by atoms with Crippen molar-refractivity contribution in [2.24, 2.45) is 7.05 Å². The molecular formula is C19H15N5O4. The monoisotopic (exact) mass is 377 g/mol. The number of nitro benzene ring substituents is 1. The Morgan fingerprint density at radius 1 is 1.18 bits per heavy atom. The number of para-hydroxylation sites is 1. The third-order valence-corrected chi connectivity index (χ3v) is 4.47. The van der Waals surface area contributed by atoms with Crippen LogP contribution in [0.1, 0.15) is 0 Å². The standard InChI is InChI=1S/C19H15N5O4/c1-23-15-10-20-19(21-11-6-4-3-5-7-11)22-17(15)12-9-16(28-2)14(24(26)27)8-13(12)18(23)25/h3-10H,1-2H3,(H,20,21,22). The Kier molecular flexibility index (Phi) is 4.11. The van der Waals surface area contributed by atoms with Crippen molar-refractivity contribution in [2.75, 3.05) is 12.4 Å². The summed E-state index contributed by atoms with van der Waals surface area (Å²) in [6.07, 6.45) is 1.54. The molecule has 0 amide bonds. The normalized spacial score (nSPS) is 10.9. The van der Waals surface area contributed by atoms with E-state index in [0.29, 0.717) is 22.4 Å². The van der Waals surface area contributed by atoms with Gasteiger partial charge in [-0.05, 0) is 18.2 Å². The number of pyridine rings is 1. The van der Waals surface area contributed by atoms with Gasteiger partial charge in [0.25, 0.3) is 5.56 Å². The minimum atomic E-state index is -0.579. The first-order chi connectivity index (χ1) is 13.5. The van der Waals surface area contributed by atoms with Crippen molar-refractivity contribution in [3.05, 3.63) is 69.1 Å². The molecule has 4 aromatic rings. The highest BCUT2D eigenvalue weighted by molar-refractivity contribution is 6.05. The summed E-state index contributed by atoms with van der Waals surface area (Å²) in [4.78, 5) is 32.3. The second-order valence-corrected chi connectivity index (χ2v) is 6.11. The summed E-state index contributed by atoms with van der Waals surface area (Å²) in [5.74, 6) is 0.402. The summed E-state index contributed by atoms with van der Waals surface area (Å²) in [6.45, 7) is 0. The second-order valence-electron chi connectivity index (χ2n) is 6.11. The Labute approximate surface area is 158 Å². The number of nitro groups is 1. The molecular weight excluding hydrogens is 362 g/mol. The molecule has 28 heavy (non-hydrogen) atoms. The first kappa shape index (κ1) is 17.4. The largest absolute Gasteiger partial charge is 0.490 e. The average molecular weight is 377 g/mol. The van der Waals surface area contributed by atoms with E-state index in [1.165, 1.54) is 23.8 Å². The zero-order valence-corrected chi connectivity index (χ0v) is 15.0. The zero-order valence-electron chi connectivity index (χ0n) is 15.0. The quantitative estimate of drug-likeness (QED) is 0.330. The fourth-order valence-corrected chi connectivity index (χ4v) is 3.07. The van der Waals surface area contributed by atoms with Gasteiger partial charge < -0.3 is 14.6 Å². The van der Waals surface area contributed by atoms with Gasteiger partial charge in [-0.15, -0.1) is 0 Å². The molecule has 0 fully saturated rings. The van der Waals surface area contributed by atoms with Crippen LogP contribution in [-0.2, 0) is 7.05 Å². The van der Waals surface area contributed by atoms with Gasteiger partial charge in [0, 0.05) is 24.2 Å². The first-order valence-electron chi connectivity index (χ1n) is 8.33. The van der Waals surface area contributed by atoms with Crippen molar-refractivity contribution < 1.29 is 9.66 Å². The summed E-state index contributed by atoms with van der Waals surface area (Å²) in [5, 5.41) is 15.1. The molecule has 0 saturated heterocycles. The molecule has 2 aromatic carbocycles. The van der Waals surface area contributed by atoms with Crippen LogP contribution in [0.25, 0.3) is 21.8 Å². The predicted octanol–water partition coefficient (Wildman–Crippen LogP) is 3.14. The lowest BCUT2D eigenvalue weighted by Gasteiger charge is -2.11. The number of aryl methyl sites for hydroxylation is 1. The number of hydrogen-bond acceptors (Lipinski definition) is 7. The Balaban J connectivity index is 2.01. The topological polar surface area (TPSA) is 112 Å². The van der Waals surface area contributed by atoms with Gasteiger partial charge in [-0.2, -0.15) is 0 Å². The van der Waals surface area contributed by atoms with Crippen molar-refractivity contribution in [3.8, 4) is 5.75 Å². The number of fused-ring (bicyclic) bond motifs is 3. The molecule has 0 atom stereocenters. The van der Waals surface area contributed by atoms with Crippen LogP contribution in [0.4, 0.5) is 17.3 Å². The Hall–Kier alpha value is -4.01. The van der Waals surface area contributed by atoms with E-state index in [0.717, 1.165) is 5.69 Å². The lowest BCUT2D eigenvalue weighted by molar-refractivity contribution is -0.385. The van der Waals surface area contributed by atoms with E-state index in [-0.39, 0.29) is 22.4 Å². The number of anilines is 2. The van der Waals surface area contributed by atoms with Gasteiger partial charge in [-0.3, -0.25) is 14.9 Å². The summed E-state index contributed by atoms with van der Waals surface area (Å²) in [7, 11) is 2.92. The SMILES string of the molecule is COc1cc2c(cc1[N+](=O)[O-])c(=O)n(C)c1cnc(Nc3ccccc3)nc21. The van der Waals surface area contributed by atoms with E-state index < -0.39 is 4.92 Å². The molecule has 9 heteroatoms. The van der Waals surface area contributed by atoms with Crippen LogP contribution >= 0.6 is 0 Å². The van der Waals surface area contributed by atoms with Crippen LogP contribution in [0.5, 0.6) is 5.75 Å². The van der Waals surface area contributed by atoms with Crippen LogP contribution in [0.2, 0.25) is 0 Å². The van der Waals surface area contributed by atoms with Crippen LogP contribution < -0.4 is 15.6 Å². The Bertz CT molecular complexity index is 1280. The molecule has 140 valence electrons. The van der Waals surface area contributed by atoms with Crippen LogP contribution in [0.15, 0.2) is 53.5 Å². The van der Waals surface area contributed by atoms with Gasteiger partial charge in [0.05, 0.1) is 29.1 Å². The van der Waals surface area contributed by atoms with Crippen LogP contribution in [-0.4, -0.2) is 26.6 Å². The van der Waals surface area contributed by atoms with Gasteiger partial charge >= 0.3 is 5.69 Å². The second kappa shape index (κ2) is 6.62. The number of hydrogen-bond donors (Lipinski definition) is 1. The highest BCUT2D eigenvalue weighted by atomic mass is 16.6. The number of methoxy groups -OCH3 is 1. The highest BCUT2D eigenvalue weighted by Gasteiger charge is 2.20. The maximum absolute atomic E-state index is 12.7. The summed E-state index contributed by atoms with van der Waals surface area (Å²) in [6, 6.07) is 12.1. The van der Waals surface area contributed by atoms with E-state index >= 15 is 0 Å². The molecule has 2 aromatic heterocycles. The Morgan fingerprint density at radius 2 is 1.93 bits per heavy atom. The minimum Gasteiger partial charge on any atom is -0.490 e. The van der Waals surface area contributed by atoms with Gasteiger partial charge in [0.2, 0.25) is 5.95 Å². The van der Waals surface area contributed by atoms with E-state index in [1.54, 1.807) is 13.2 Å². The molecule has 0 radical (unpaired) electrons. The molecule has 9 nitrogen and oxygen atoms in total. The number of ether oxygens (including phenoxy) is 1. The fourth-order valence-electron chi connectivity index (χ4n) is 3.07. The molecule has 0 unspecified atom stereocenters. The van der Waals surface area contributed by atoms with Gasteiger partial charge in [0.1, 0.15) is 5.52 Å². The molecule has 1 N–H and O–H groups in total. The molecule has 0 saturated carbocycles. The number of benzene rings is 2. The summed E-state index contributed by atoms with van der Waals surface area (Å²) >= 11 is 0. The molecule has 0 bridgehead atoms. The van der Waals surface area contributed by atoms with E-state index in [2.05, 4.69) is 15.3 Å². The smallest absolute Gasteiger partial charge is 0.311 e. The maximum Gasteiger partial charge on any atom is 0.311 e. The van der Waals surface area contributed by atoms with Gasteiger partial charge in [-0.1, -0.05) is 18.2 Å². The van der Waals surface area contributed by atoms with Crippen molar-refractivity contribution in [3.63, 3.8) is 0 Å². The number of nitrogens with zero attached hydrogens (tertiary/aromatic N) is 4. The van der Waals surface area contributed by atoms with E-state index in [1.807, 2.05) is 30.3 Å². The van der Waals surface area contributed by atoms with E-state index in [9.17, 15) is 14.9 Å². The Morgan fingerprint density at radius 3 is 2.61 bits per heavy atom. The number of aromatic nitrogens is 3. The zero-order chi connectivity index (χ0) is 19.8. The van der Waals surface area contributed by atoms with Crippen molar-refractivity contribution in [1.82, 2.24) is 14.5 Å². The maximum atomic E-state index is 12.7. The van der Waals surface area contributed by atoms with E-state index in [4.69, 9.17) is 4.74 Å². The molecule has 0 spiro atoms.